The highest BCUT2D eigenvalue weighted by Crippen LogP contribution is 2.32. The summed E-state index contributed by atoms with van der Waals surface area (Å²) in [6.07, 6.45) is 5.93. The lowest BCUT2D eigenvalue weighted by atomic mass is 9.89. The van der Waals surface area contributed by atoms with Crippen LogP contribution in [-0.2, 0) is 0 Å². The van der Waals surface area contributed by atoms with Gasteiger partial charge in [-0.25, -0.2) is 0 Å². The highest BCUT2D eigenvalue weighted by molar-refractivity contribution is 4.75. The van der Waals surface area contributed by atoms with E-state index in [1.807, 2.05) is 0 Å². The van der Waals surface area contributed by atoms with E-state index in [1.165, 1.54) is 25.7 Å². The molecule has 1 saturated carbocycles. The Hall–Kier alpha value is -0.110. The summed E-state index contributed by atoms with van der Waals surface area (Å²) in [4.78, 5) is 0. The maximum atomic E-state index is 12.4. The third-order valence-electron chi connectivity index (χ3n) is 2.80. The Labute approximate surface area is 68.2 Å². The van der Waals surface area contributed by atoms with Crippen LogP contribution in [-0.4, -0.2) is 13.2 Å². The number of alkyl halides is 1. The van der Waals surface area contributed by atoms with Crippen LogP contribution < -0.4 is 5.73 Å². The van der Waals surface area contributed by atoms with E-state index in [0.29, 0.717) is 12.5 Å². The highest BCUT2D eigenvalue weighted by Gasteiger charge is 2.23. The summed E-state index contributed by atoms with van der Waals surface area (Å²) < 4.78 is 12.4. The van der Waals surface area contributed by atoms with Crippen LogP contribution >= 0.6 is 0 Å². The Balaban J connectivity index is 2.27. The zero-order chi connectivity index (χ0) is 8.10. The summed E-state index contributed by atoms with van der Waals surface area (Å²) in [5.41, 5.74) is 5.41. The van der Waals surface area contributed by atoms with Gasteiger partial charge in [0.1, 0.15) is 0 Å². The second-order valence-corrected chi connectivity index (χ2v) is 3.54. The maximum absolute atomic E-state index is 12.4. The fraction of sp³-hybridized carbons (Fsp3) is 1.00. The summed E-state index contributed by atoms with van der Waals surface area (Å²) in [6.45, 7) is 0.479. The molecule has 0 aromatic rings. The second-order valence-electron chi connectivity index (χ2n) is 3.54. The van der Waals surface area contributed by atoms with Gasteiger partial charge in [0.15, 0.2) is 0 Å². The van der Waals surface area contributed by atoms with Gasteiger partial charge in [0.25, 0.3) is 0 Å². The standard InChI is InChI=1S/C9H18FN/c10-7-9(5-6-11)8-3-1-2-4-8/h8-9H,1-7,11H2. The molecule has 0 saturated heterocycles. The van der Waals surface area contributed by atoms with Gasteiger partial charge in [0.2, 0.25) is 0 Å². The molecule has 11 heavy (non-hydrogen) atoms. The lowest BCUT2D eigenvalue weighted by molar-refractivity contribution is 0.251. The van der Waals surface area contributed by atoms with Gasteiger partial charge >= 0.3 is 0 Å². The van der Waals surface area contributed by atoms with Gasteiger partial charge in [-0.1, -0.05) is 25.7 Å². The van der Waals surface area contributed by atoms with Crippen LogP contribution in [0.2, 0.25) is 0 Å². The Morgan fingerprint density at radius 2 is 2.00 bits per heavy atom. The van der Waals surface area contributed by atoms with Crippen molar-refractivity contribution in [3.8, 4) is 0 Å². The lowest BCUT2D eigenvalue weighted by Crippen LogP contribution is -2.18. The van der Waals surface area contributed by atoms with Crippen molar-refractivity contribution in [2.45, 2.75) is 32.1 Å². The first-order valence-electron chi connectivity index (χ1n) is 4.64. The van der Waals surface area contributed by atoms with Crippen molar-refractivity contribution in [1.82, 2.24) is 0 Å². The maximum Gasteiger partial charge on any atom is 0.0925 e. The van der Waals surface area contributed by atoms with E-state index >= 15 is 0 Å². The number of hydrogen-bond acceptors (Lipinski definition) is 1. The van der Waals surface area contributed by atoms with Gasteiger partial charge in [-0.3, -0.25) is 4.39 Å². The molecule has 1 unspecified atom stereocenters. The van der Waals surface area contributed by atoms with E-state index in [0.717, 1.165) is 6.42 Å². The first kappa shape index (κ1) is 8.98. The van der Waals surface area contributed by atoms with Crippen molar-refractivity contribution in [3.05, 3.63) is 0 Å². The zero-order valence-electron chi connectivity index (χ0n) is 7.06. The summed E-state index contributed by atoms with van der Waals surface area (Å²) in [5, 5.41) is 0. The normalized spacial score (nSPS) is 22.4. The molecule has 0 spiro atoms. The third-order valence-corrected chi connectivity index (χ3v) is 2.80. The average Bonchev–Trinajstić information content (AvgIpc) is 2.52. The molecule has 1 fully saturated rings. The zero-order valence-corrected chi connectivity index (χ0v) is 7.06. The van der Waals surface area contributed by atoms with E-state index < -0.39 is 0 Å². The van der Waals surface area contributed by atoms with Crippen molar-refractivity contribution < 1.29 is 4.39 Å². The molecule has 0 aliphatic heterocycles. The SMILES string of the molecule is NCCC(CF)C1CCCC1. The molecule has 2 N–H and O–H groups in total. The van der Waals surface area contributed by atoms with Crippen LogP contribution in [0.15, 0.2) is 0 Å². The number of hydrogen-bond donors (Lipinski definition) is 1. The third kappa shape index (κ3) is 2.44. The van der Waals surface area contributed by atoms with Crippen LogP contribution in [0.1, 0.15) is 32.1 Å². The highest BCUT2D eigenvalue weighted by atomic mass is 19.1. The molecule has 0 aromatic carbocycles. The first-order chi connectivity index (χ1) is 5.38. The van der Waals surface area contributed by atoms with Gasteiger partial charge in [-0.15, -0.1) is 0 Å². The fourth-order valence-electron chi connectivity index (χ4n) is 2.08. The number of rotatable bonds is 4. The van der Waals surface area contributed by atoms with E-state index in [4.69, 9.17) is 5.73 Å². The van der Waals surface area contributed by atoms with Crippen LogP contribution in [0, 0.1) is 11.8 Å². The minimum atomic E-state index is -0.165. The molecular weight excluding hydrogens is 141 g/mol. The van der Waals surface area contributed by atoms with Gasteiger partial charge in [-0.2, -0.15) is 0 Å². The molecule has 1 nitrogen and oxygen atoms in total. The predicted molar refractivity (Wildman–Crippen MR) is 45.1 cm³/mol. The largest absolute Gasteiger partial charge is 0.330 e. The molecule has 1 atom stereocenters. The molecule has 0 heterocycles. The smallest absolute Gasteiger partial charge is 0.0925 e. The molecular formula is C9H18FN. The van der Waals surface area contributed by atoms with Gasteiger partial charge in [0.05, 0.1) is 6.67 Å². The molecule has 1 rings (SSSR count). The Morgan fingerprint density at radius 3 is 2.45 bits per heavy atom. The lowest BCUT2D eigenvalue weighted by Gasteiger charge is -2.18. The minimum Gasteiger partial charge on any atom is -0.330 e. The molecule has 1 aliphatic rings. The van der Waals surface area contributed by atoms with Crippen molar-refractivity contribution in [2.75, 3.05) is 13.2 Å². The Bertz CT molecular complexity index is 99.7. The molecule has 1 aliphatic carbocycles. The summed E-state index contributed by atoms with van der Waals surface area (Å²) in [6, 6.07) is 0. The van der Waals surface area contributed by atoms with E-state index in [1.54, 1.807) is 0 Å². The predicted octanol–water partition coefficient (Wildman–Crippen LogP) is 2.11. The second kappa shape index (κ2) is 4.70. The van der Waals surface area contributed by atoms with Crippen molar-refractivity contribution >= 4 is 0 Å². The van der Waals surface area contributed by atoms with Gasteiger partial charge in [-0.05, 0) is 24.8 Å². The van der Waals surface area contributed by atoms with E-state index in [2.05, 4.69) is 0 Å². The molecule has 66 valence electrons. The summed E-state index contributed by atoms with van der Waals surface area (Å²) >= 11 is 0. The summed E-state index contributed by atoms with van der Waals surface area (Å²) in [7, 11) is 0. The van der Waals surface area contributed by atoms with Crippen molar-refractivity contribution in [1.29, 1.82) is 0 Å². The van der Waals surface area contributed by atoms with E-state index in [9.17, 15) is 4.39 Å². The van der Waals surface area contributed by atoms with Crippen LogP contribution in [0.25, 0.3) is 0 Å². The average molecular weight is 159 g/mol. The molecule has 0 bridgehead atoms. The first-order valence-corrected chi connectivity index (χ1v) is 4.64. The molecule has 2 heteroatoms. The quantitative estimate of drug-likeness (QED) is 0.668. The van der Waals surface area contributed by atoms with Crippen LogP contribution in [0.4, 0.5) is 4.39 Å². The van der Waals surface area contributed by atoms with E-state index in [-0.39, 0.29) is 12.6 Å². The number of nitrogens with two attached hydrogens (primary N) is 1. The molecule has 0 aromatic heterocycles. The van der Waals surface area contributed by atoms with Gasteiger partial charge < -0.3 is 5.73 Å². The van der Waals surface area contributed by atoms with Crippen LogP contribution in [0.5, 0.6) is 0 Å². The fourth-order valence-corrected chi connectivity index (χ4v) is 2.08. The monoisotopic (exact) mass is 159 g/mol. The topological polar surface area (TPSA) is 26.0 Å². The Kier molecular flexibility index (Phi) is 3.84. The minimum absolute atomic E-state index is 0.165. The molecule has 0 amide bonds. The van der Waals surface area contributed by atoms with Crippen LogP contribution in [0.3, 0.4) is 0 Å². The van der Waals surface area contributed by atoms with Crippen molar-refractivity contribution in [3.63, 3.8) is 0 Å². The number of halogens is 1. The Morgan fingerprint density at radius 1 is 1.36 bits per heavy atom. The summed E-state index contributed by atoms with van der Waals surface area (Å²) in [5.74, 6) is 0.908. The van der Waals surface area contributed by atoms with Crippen molar-refractivity contribution in [2.24, 2.45) is 17.6 Å². The van der Waals surface area contributed by atoms with Gasteiger partial charge in [0, 0.05) is 0 Å². The molecule has 0 radical (unpaired) electrons.